The lowest BCUT2D eigenvalue weighted by molar-refractivity contribution is 0.177. The van der Waals surface area contributed by atoms with Crippen LogP contribution < -0.4 is 0 Å². The number of rotatable bonds is 3. The Balaban J connectivity index is 2.25. The van der Waals surface area contributed by atoms with Crippen molar-refractivity contribution in [2.45, 2.75) is 12.5 Å². The molecule has 0 radical (unpaired) electrons. The number of aliphatic hydroxyl groups is 1. The van der Waals surface area contributed by atoms with Crippen LogP contribution in [0.3, 0.4) is 0 Å². The normalized spacial score (nSPS) is 12.5. The molecular formula is C14H10BrCl2FO. The second-order valence-corrected chi connectivity index (χ2v) is 5.74. The summed E-state index contributed by atoms with van der Waals surface area (Å²) in [5.74, 6) is -0.358. The summed E-state index contributed by atoms with van der Waals surface area (Å²) in [6.07, 6.45) is -0.477. The Hall–Kier alpha value is -0.610. The highest BCUT2D eigenvalue weighted by molar-refractivity contribution is 9.10. The van der Waals surface area contributed by atoms with E-state index < -0.39 is 6.10 Å². The summed E-state index contributed by atoms with van der Waals surface area (Å²) in [4.78, 5) is 0. The molecule has 1 nitrogen and oxygen atoms in total. The van der Waals surface area contributed by atoms with Gasteiger partial charge in [-0.15, -0.1) is 0 Å². The largest absolute Gasteiger partial charge is 0.388 e. The van der Waals surface area contributed by atoms with Crippen LogP contribution in [0.5, 0.6) is 0 Å². The van der Waals surface area contributed by atoms with Crippen molar-refractivity contribution >= 4 is 39.1 Å². The molecule has 5 heteroatoms. The topological polar surface area (TPSA) is 20.2 Å². The number of hydrogen-bond acceptors (Lipinski definition) is 1. The zero-order valence-electron chi connectivity index (χ0n) is 9.71. The van der Waals surface area contributed by atoms with Crippen LogP contribution >= 0.6 is 39.1 Å². The molecule has 0 aliphatic heterocycles. The third-order valence-corrected chi connectivity index (χ3v) is 4.31. The lowest BCUT2D eigenvalue weighted by Gasteiger charge is -2.14. The minimum atomic E-state index is -0.786. The van der Waals surface area contributed by atoms with Gasteiger partial charge in [0, 0.05) is 10.9 Å². The number of aliphatic hydroxyl groups excluding tert-OH is 1. The molecule has 0 aromatic heterocycles. The molecule has 1 atom stereocenters. The minimum Gasteiger partial charge on any atom is -0.388 e. The summed E-state index contributed by atoms with van der Waals surface area (Å²) < 4.78 is 13.5. The van der Waals surface area contributed by atoms with Gasteiger partial charge in [0.25, 0.3) is 0 Å². The zero-order chi connectivity index (χ0) is 14.0. The first-order valence-electron chi connectivity index (χ1n) is 5.55. The standard InChI is InChI=1S/C14H10BrCl2FO/c15-11-7-9(18)4-5-10(11)13(19)6-8-2-1-3-12(16)14(8)17/h1-5,7,13,19H,6H2. The highest BCUT2D eigenvalue weighted by atomic mass is 79.9. The molecule has 0 saturated heterocycles. The van der Waals surface area contributed by atoms with E-state index in [0.717, 1.165) is 5.56 Å². The maximum Gasteiger partial charge on any atom is 0.124 e. The fraction of sp³-hybridized carbons (Fsp3) is 0.143. The van der Waals surface area contributed by atoms with Gasteiger partial charge in [0.2, 0.25) is 0 Å². The molecule has 19 heavy (non-hydrogen) atoms. The first kappa shape index (κ1) is 14.8. The molecular weight excluding hydrogens is 354 g/mol. The molecule has 0 aliphatic rings. The van der Waals surface area contributed by atoms with Gasteiger partial charge in [-0.25, -0.2) is 4.39 Å². The second kappa shape index (κ2) is 6.23. The Morgan fingerprint density at radius 1 is 1.21 bits per heavy atom. The SMILES string of the molecule is OC(Cc1cccc(Cl)c1Cl)c1ccc(F)cc1Br. The van der Waals surface area contributed by atoms with Crippen LogP contribution in [0.25, 0.3) is 0 Å². The summed E-state index contributed by atoms with van der Waals surface area (Å²) in [6.45, 7) is 0. The van der Waals surface area contributed by atoms with E-state index in [9.17, 15) is 9.50 Å². The molecule has 0 saturated carbocycles. The van der Waals surface area contributed by atoms with Gasteiger partial charge < -0.3 is 5.11 Å². The van der Waals surface area contributed by atoms with Crippen LogP contribution in [-0.4, -0.2) is 5.11 Å². The van der Waals surface area contributed by atoms with E-state index in [-0.39, 0.29) is 5.82 Å². The molecule has 0 amide bonds. The molecule has 0 fully saturated rings. The van der Waals surface area contributed by atoms with Crippen molar-refractivity contribution in [1.82, 2.24) is 0 Å². The van der Waals surface area contributed by atoms with Gasteiger partial charge >= 0.3 is 0 Å². The van der Waals surface area contributed by atoms with Crippen molar-refractivity contribution < 1.29 is 9.50 Å². The van der Waals surface area contributed by atoms with Crippen LogP contribution in [0.2, 0.25) is 10.0 Å². The highest BCUT2D eigenvalue weighted by Crippen LogP contribution is 2.31. The third kappa shape index (κ3) is 3.48. The Kier molecular flexibility index (Phi) is 4.85. The summed E-state index contributed by atoms with van der Waals surface area (Å²) in [5.41, 5.74) is 1.36. The van der Waals surface area contributed by atoms with Crippen molar-refractivity contribution in [3.63, 3.8) is 0 Å². The predicted octanol–water partition coefficient (Wildman–Crippen LogP) is 5.17. The van der Waals surface area contributed by atoms with E-state index in [0.29, 0.717) is 26.5 Å². The van der Waals surface area contributed by atoms with Gasteiger partial charge in [-0.3, -0.25) is 0 Å². The first-order valence-corrected chi connectivity index (χ1v) is 7.10. The van der Waals surface area contributed by atoms with E-state index in [1.165, 1.54) is 12.1 Å². The quantitative estimate of drug-likeness (QED) is 0.797. The third-order valence-electron chi connectivity index (χ3n) is 2.77. The van der Waals surface area contributed by atoms with Gasteiger partial charge in [-0.05, 0) is 29.3 Å². The molecule has 0 aliphatic carbocycles. The highest BCUT2D eigenvalue weighted by Gasteiger charge is 2.15. The molecule has 0 bridgehead atoms. The predicted molar refractivity (Wildman–Crippen MR) is 79.2 cm³/mol. The van der Waals surface area contributed by atoms with Crippen molar-refractivity contribution in [3.05, 3.63) is 67.9 Å². The van der Waals surface area contributed by atoms with Crippen LogP contribution in [0.4, 0.5) is 4.39 Å². The van der Waals surface area contributed by atoms with Crippen LogP contribution in [0.1, 0.15) is 17.2 Å². The van der Waals surface area contributed by atoms with Crippen molar-refractivity contribution in [3.8, 4) is 0 Å². The molecule has 2 rings (SSSR count). The molecule has 0 heterocycles. The first-order chi connectivity index (χ1) is 8.99. The molecule has 1 unspecified atom stereocenters. The Bertz CT molecular complexity index is 604. The Labute approximate surface area is 129 Å². The van der Waals surface area contributed by atoms with Crippen LogP contribution in [-0.2, 0) is 6.42 Å². The molecule has 0 spiro atoms. The van der Waals surface area contributed by atoms with Gasteiger partial charge in [-0.2, -0.15) is 0 Å². The lowest BCUT2D eigenvalue weighted by Crippen LogP contribution is -2.03. The maximum atomic E-state index is 13.0. The molecule has 2 aromatic rings. The van der Waals surface area contributed by atoms with Crippen LogP contribution in [0.15, 0.2) is 40.9 Å². The summed E-state index contributed by atoms with van der Waals surface area (Å²) >= 11 is 15.2. The lowest BCUT2D eigenvalue weighted by atomic mass is 10.0. The fourth-order valence-electron chi connectivity index (χ4n) is 1.80. The van der Waals surface area contributed by atoms with Gasteiger partial charge in [-0.1, -0.05) is 57.3 Å². The Morgan fingerprint density at radius 2 is 1.95 bits per heavy atom. The van der Waals surface area contributed by atoms with Gasteiger partial charge in [0.15, 0.2) is 0 Å². The van der Waals surface area contributed by atoms with E-state index in [2.05, 4.69) is 15.9 Å². The van der Waals surface area contributed by atoms with E-state index in [1.807, 2.05) is 0 Å². The second-order valence-electron chi connectivity index (χ2n) is 4.10. The van der Waals surface area contributed by atoms with E-state index >= 15 is 0 Å². The molecule has 1 N–H and O–H groups in total. The van der Waals surface area contributed by atoms with E-state index in [4.69, 9.17) is 23.2 Å². The Morgan fingerprint density at radius 3 is 2.63 bits per heavy atom. The summed E-state index contributed by atoms with van der Waals surface area (Å²) in [5, 5.41) is 11.1. The maximum absolute atomic E-state index is 13.0. The van der Waals surface area contributed by atoms with Crippen LogP contribution in [0, 0.1) is 5.82 Å². The number of halogens is 4. The average molecular weight is 364 g/mol. The molecule has 2 aromatic carbocycles. The molecule has 100 valence electrons. The fourth-order valence-corrected chi connectivity index (χ4v) is 2.81. The number of hydrogen-bond donors (Lipinski definition) is 1. The van der Waals surface area contributed by atoms with Gasteiger partial charge in [0.05, 0.1) is 16.1 Å². The minimum absolute atomic E-state index is 0.309. The monoisotopic (exact) mass is 362 g/mol. The zero-order valence-corrected chi connectivity index (χ0v) is 12.8. The van der Waals surface area contributed by atoms with Crippen molar-refractivity contribution in [2.24, 2.45) is 0 Å². The number of benzene rings is 2. The average Bonchev–Trinajstić information content (AvgIpc) is 2.34. The van der Waals surface area contributed by atoms with E-state index in [1.54, 1.807) is 24.3 Å². The van der Waals surface area contributed by atoms with Gasteiger partial charge in [0.1, 0.15) is 5.82 Å². The van der Waals surface area contributed by atoms with Crippen molar-refractivity contribution in [1.29, 1.82) is 0 Å². The van der Waals surface area contributed by atoms with Crippen molar-refractivity contribution in [2.75, 3.05) is 0 Å². The summed E-state index contributed by atoms with van der Waals surface area (Å²) in [7, 11) is 0. The summed E-state index contributed by atoms with van der Waals surface area (Å²) in [6, 6.07) is 9.43. The smallest absolute Gasteiger partial charge is 0.124 e.